The highest BCUT2D eigenvalue weighted by Gasteiger charge is 2.35. The number of nitro groups is 1. The highest BCUT2D eigenvalue weighted by atomic mass is 16.6. The van der Waals surface area contributed by atoms with E-state index in [0.717, 1.165) is 12.1 Å². The van der Waals surface area contributed by atoms with Gasteiger partial charge in [-0.1, -0.05) is 13.0 Å². The first kappa shape index (κ1) is 15.2. The van der Waals surface area contributed by atoms with Crippen LogP contribution in [0.4, 0.5) is 11.4 Å². The molecule has 1 aromatic rings. The highest BCUT2D eigenvalue weighted by Crippen LogP contribution is 2.27. The van der Waals surface area contributed by atoms with Gasteiger partial charge in [0.15, 0.2) is 0 Å². The van der Waals surface area contributed by atoms with Crippen LogP contribution in [-0.2, 0) is 16.1 Å². The number of nitro benzene ring substituents is 1. The zero-order chi connectivity index (χ0) is 15.6. The topological polar surface area (TPSA) is 98.7 Å². The molecule has 2 rings (SSSR count). The fraction of sp³-hybridized carbons (Fsp3) is 0.500. The molecule has 2 N–H and O–H groups in total. The molecule has 114 valence electrons. The van der Waals surface area contributed by atoms with Crippen LogP contribution in [0.3, 0.4) is 0 Å². The van der Waals surface area contributed by atoms with Crippen molar-refractivity contribution in [1.82, 2.24) is 4.90 Å². The maximum Gasteiger partial charge on any atom is 0.310 e. The summed E-state index contributed by atoms with van der Waals surface area (Å²) < 4.78 is 4.80. The number of rotatable bonds is 4. The Morgan fingerprint density at radius 1 is 1.52 bits per heavy atom. The number of nitrogens with zero attached hydrogens (tertiary/aromatic N) is 2. The lowest BCUT2D eigenvalue weighted by Crippen LogP contribution is -2.24. The van der Waals surface area contributed by atoms with E-state index in [2.05, 4.69) is 4.90 Å². The number of nitrogens with two attached hydrogens (primary N) is 1. The van der Waals surface area contributed by atoms with Gasteiger partial charge >= 0.3 is 5.97 Å². The van der Waals surface area contributed by atoms with Crippen LogP contribution in [-0.4, -0.2) is 36.0 Å². The molecule has 1 heterocycles. The number of carbonyl (C=O) groups excluding carboxylic acids is 1. The minimum atomic E-state index is -0.483. The van der Waals surface area contributed by atoms with E-state index in [0.29, 0.717) is 13.1 Å². The fourth-order valence-corrected chi connectivity index (χ4v) is 2.76. The predicted octanol–water partition coefficient (Wildman–Crippen LogP) is 1.42. The summed E-state index contributed by atoms with van der Waals surface area (Å²) in [6.07, 6.45) is 0. The number of hydrogen-bond acceptors (Lipinski definition) is 6. The molecule has 1 aromatic carbocycles. The van der Waals surface area contributed by atoms with Crippen LogP contribution in [0.25, 0.3) is 0 Å². The van der Waals surface area contributed by atoms with Crippen molar-refractivity contribution in [3.63, 3.8) is 0 Å². The van der Waals surface area contributed by atoms with Crippen molar-refractivity contribution < 1.29 is 14.5 Å². The molecule has 0 amide bonds. The van der Waals surface area contributed by atoms with Crippen LogP contribution in [0.2, 0.25) is 0 Å². The van der Waals surface area contributed by atoms with Crippen LogP contribution >= 0.6 is 0 Å². The van der Waals surface area contributed by atoms with Crippen LogP contribution in [0.1, 0.15) is 12.5 Å². The van der Waals surface area contributed by atoms with E-state index in [-0.39, 0.29) is 29.2 Å². The van der Waals surface area contributed by atoms with Crippen molar-refractivity contribution in [2.75, 3.05) is 25.9 Å². The number of likely N-dealkylation sites (tertiary alicyclic amines) is 1. The van der Waals surface area contributed by atoms with Gasteiger partial charge in [-0.3, -0.25) is 19.8 Å². The zero-order valence-corrected chi connectivity index (χ0v) is 12.1. The molecule has 0 aliphatic carbocycles. The smallest absolute Gasteiger partial charge is 0.310 e. The van der Waals surface area contributed by atoms with Gasteiger partial charge in [0, 0.05) is 25.7 Å². The Balaban J connectivity index is 2.08. The third kappa shape index (κ3) is 3.30. The summed E-state index contributed by atoms with van der Waals surface area (Å²) in [6.45, 7) is 3.93. The van der Waals surface area contributed by atoms with E-state index in [1.54, 1.807) is 12.1 Å². The summed E-state index contributed by atoms with van der Waals surface area (Å²) in [6, 6.07) is 4.81. The largest absolute Gasteiger partial charge is 0.469 e. The van der Waals surface area contributed by atoms with E-state index in [1.165, 1.54) is 13.2 Å². The predicted molar refractivity (Wildman–Crippen MR) is 77.5 cm³/mol. The summed E-state index contributed by atoms with van der Waals surface area (Å²) in [5, 5.41) is 10.9. The summed E-state index contributed by atoms with van der Waals surface area (Å²) in [4.78, 5) is 24.2. The maximum atomic E-state index is 11.7. The van der Waals surface area contributed by atoms with Crippen LogP contribution in [0, 0.1) is 22.0 Å². The SMILES string of the molecule is COC(=O)C1CN(Cc2ccc(N)c([N+](=O)[O-])c2)CC1C. The molecule has 2 atom stereocenters. The molecular formula is C14H19N3O4. The first-order chi connectivity index (χ1) is 9.92. The van der Waals surface area contributed by atoms with Crippen molar-refractivity contribution in [3.05, 3.63) is 33.9 Å². The molecular weight excluding hydrogens is 274 g/mol. The molecule has 21 heavy (non-hydrogen) atoms. The quantitative estimate of drug-likeness (QED) is 0.390. The van der Waals surface area contributed by atoms with Gasteiger partial charge in [-0.15, -0.1) is 0 Å². The van der Waals surface area contributed by atoms with E-state index in [4.69, 9.17) is 10.5 Å². The summed E-state index contributed by atoms with van der Waals surface area (Å²) >= 11 is 0. The number of benzene rings is 1. The number of nitrogen functional groups attached to an aromatic ring is 1. The number of esters is 1. The van der Waals surface area contributed by atoms with Crippen molar-refractivity contribution >= 4 is 17.3 Å². The lowest BCUT2D eigenvalue weighted by atomic mass is 9.99. The first-order valence-electron chi connectivity index (χ1n) is 6.75. The third-order valence-electron chi connectivity index (χ3n) is 3.89. The van der Waals surface area contributed by atoms with E-state index < -0.39 is 4.92 Å². The fourth-order valence-electron chi connectivity index (χ4n) is 2.76. The van der Waals surface area contributed by atoms with E-state index in [9.17, 15) is 14.9 Å². The van der Waals surface area contributed by atoms with Gasteiger partial charge < -0.3 is 10.5 Å². The van der Waals surface area contributed by atoms with Crippen LogP contribution in [0.5, 0.6) is 0 Å². The first-order valence-corrected chi connectivity index (χ1v) is 6.75. The summed E-state index contributed by atoms with van der Waals surface area (Å²) in [7, 11) is 1.39. The molecule has 1 aliphatic rings. The van der Waals surface area contributed by atoms with Gasteiger partial charge in [0.1, 0.15) is 5.69 Å². The Bertz CT molecular complexity index is 561. The number of hydrogen-bond donors (Lipinski definition) is 1. The minimum Gasteiger partial charge on any atom is -0.469 e. The molecule has 0 radical (unpaired) electrons. The Morgan fingerprint density at radius 2 is 2.24 bits per heavy atom. The lowest BCUT2D eigenvalue weighted by Gasteiger charge is -2.15. The number of carbonyl (C=O) groups is 1. The average molecular weight is 293 g/mol. The Morgan fingerprint density at radius 3 is 2.86 bits per heavy atom. The Kier molecular flexibility index (Phi) is 4.42. The minimum absolute atomic E-state index is 0.0794. The molecule has 1 aliphatic heterocycles. The molecule has 2 unspecified atom stereocenters. The van der Waals surface area contributed by atoms with E-state index >= 15 is 0 Å². The van der Waals surface area contributed by atoms with Crippen molar-refractivity contribution in [3.8, 4) is 0 Å². The lowest BCUT2D eigenvalue weighted by molar-refractivity contribution is -0.384. The van der Waals surface area contributed by atoms with Gasteiger partial charge in [0.2, 0.25) is 0 Å². The maximum absolute atomic E-state index is 11.7. The summed E-state index contributed by atoms with van der Waals surface area (Å²) in [5.74, 6) is -0.131. The van der Waals surface area contributed by atoms with Crippen molar-refractivity contribution in [2.24, 2.45) is 11.8 Å². The van der Waals surface area contributed by atoms with Crippen LogP contribution < -0.4 is 5.73 Å². The Hall–Kier alpha value is -2.15. The third-order valence-corrected chi connectivity index (χ3v) is 3.89. The molecule has 7 heteroatoms. The summed E-state index contributed by atoms with van der Waals surface area (Å²) in [5.41, 5.74) is 6.48. The number of anilines is 1. The van der Waals surface area contributed by atoms with Crippen molar-refractivity contribution in [2.45, 2.75) is 13.5 Å². The Labute approximate surface area is 122 Å². The van der Waals surface area contributed by atoms with Gasteiger partial charge in [-0.05, 0) is 17.5 Å². The molecule has 0 aromatic heterocycles. The molecule has 1 saturated heterocycles. The van der Waals surface area contributed by atoms with Gasteiger partial charge in [-0.25, -0.2) is 0 Å². The molecule has 1 fully saturated rings. The molecule has 0 spiro atoms. The highest BCUT2D eigenvalue weighted by molar-refractivity contribution is 5.73. The van der Waals surface area contributed by atoms with Crippen LogP contribution in [0.15, 0.2) is 18.2 Å². The zero-order valence-electron chi connectivity index (χ0n) is 12.1. The normalized spacial score (nSPS) is 22.2. The van der Waals surface area contributed by atoms with Crippen molar-refractivity contribution in [1.29, 1.82) is 0 Å². The molecule has 7 nitrogen and oxygen atoms in total. The monoisotopic (exact) mass is 293 g/mol. The molecule has 0 saturated carbocycles. The van der Waals surface area contributed by atoms with E-state index in [1.807, 2.05) is 6.92 Å². The second kappa shape index (κ2) is 6.09. The second-order valence-electron chi connectivity index (χ2n) is 5.45. The number of methoxy groups -OCH3 is 1. The second-order valence-corrected chi connectivity index (χ2v) is 5.45. The standard InChI is InChI=1S/C14H19N3O4/c1-9-6-16(8-11(9)14(18)21-2)7-10-3-4-12(15)13(5-10)17(19)20/h3-5,9,11H,6-8,15H2,1-2H3. The van der Waals surface area contributed by atoms with Gasteiger partial charge in [0.25, 0.3) is 5.69 Å². The van der Waals surface area contributed by atoms with Gasteiger partial charge in [0.05, 0.1) is 18.0 Å². The molecule has 0 bridgehead atoms. The number of ether oxygens (including phenoxy) is 1. The average Bonchev–Trinajstić information content (AvgIpc) is 2.80. The van der Waals surface area contributed by atoms with Gasteiger partial charge in [-0.2, -0.15) is 0 Å².